The molecule has 1 aromatic heterocycles. The molecule has 0 aliphatic carbocycles. The molecule has 19 heavy (non-hydrogen) atoms. The van der Waals surface area contributed by atoms with Gasteiger partial charge in [-0.3, -0.25) is 4.68 Å². The van der Waals surface area contributed by atoms with Crippen LogP contribution >= 0.6 is 0 Å². The summed E-state index contributed by atoms with van der Waals surface area (Å²) in [5.74, 6) is -1.40. The normalized spacial score (nSPS) is 11.8. The van der Waals surface area contributed by atoms with Crippen LogP contribution in [0.1, 0.15) is 5.56 Å². The second-order valence-electron chi connectivity index (χ2n) is 3.97. The lowest BCUT2D eigenvalue weighted by Gasteiger charge is -2.12. The Kier molecular flexibility index (Phi) is 2.80. The number of anilines is 1. The van der Waals surface area contributed by atoms with Crippen LogP contribution in [-0.2, 0) is 13.2 Å². The van der Waals surface area contributed by atoms with Crippen LogP contribution in [0.25, 0.3) is 11.3 Å². The number of alkyl halides is 3. The van der Waals surface area contributed by atoms with Crippen LogP contribution in [0.3, 0.4) is 0 Å². The van der Waals surface area contributed by atoms with Crippen molar-refractivity contribution in [3.63, 3.8) is 0 Å². The number of phenolic OH excluding ortho intramolecular Hbond substituents is 2. The highest BCUT2D eigenvalue weighted by Gasteiger charge is 2.36. The summed E-state index contributed by atoms with van der Waals surface area (Å²) in [6, 6.07) is 2.74. The van der Waals surface area contributed by atoms with Crippen molar-refractivity contribution in [2.45, 2.75) is 6.18 Å². The Morgan fingerprint density at radius 2 is 1.84 bits per heavy atom. The van der Waals surface area contributed by atoms with Crippen LogP contribution in [0.15, 0.2) is 18.2 Å². The Morgan fingerprint density at radius 3 is 2.32 bits per heavy atom. The van der Waals surface area contributed by atoms with E-state index in [-0.39, 0.29) is 17.1 Å². The third kappa shape index (κ3) is 2.28. The van der Waals surface area contributed by atoms with E-state index in [9.17, 15) is 23.4 Å². The average Bonchev–Trinajstić information content (AvgIpc) is 2.60. The molecule has 0 amide bonds. The van der Waals surface area contributed by atoms with Crippen molar-refractivity contribution in [1.82, 2.24) is 9.78 Å². The van der Waals surface area contributed by atoms with Crippen molar-refractivity contribution >= 4 is 5.82 Å². The topological polar surface area (TPSA) is 84.3 Å². The molecule has 102 valence electrons. The molecule has 0 aliphatic heterocycles. The van der Waals surface area contributed by atoms with Gasteiger partial charge in [-0.25, -0.2) is 0 Å². The first-order valence-electron chi connectivity index (χ1n) is 5.13. The summed E-state index contributed by atoms with van der Waals surface area (Å²) in [5.41, 5.74) is 4.00. The van der Waals surface area contributed by atoms with E-state index in [0.29, 0.717) is 6.07 Å². The average molecular weight is 273 g/mol. The Bertz CT molecular complexity index is 615. The van der Waals surface area contributed by atoms with Gasteiger partial charge in [0, 0.05) is 18.7 Å². The van der Waals surface area contributed by atoms with E-state index in [1.165, 1.54) is 17.8 Å². The van der Waals surface area contributed by atoms with Gasteiger partial charge in [-0.05, 0) is 12.1 Å². The van der Waals surface area contributed by atoms with Crippen LogP contribution in [0.4, 0.5) is 19.0 Å². The van der Waals surface area contributed by atoms with E-state index in [1.54, 1.807) is 0 Å². The molecule has 0 bridgehead atoms. The minimum Gasteiger partial charge on any atom is -0.508 e. The predicted octanol–water partition coefficient (Wildman–Crippen LogP) is 2.10. The fourth-order valence-electron chi connectivity index (χ4n) is 1.64. The first-order chi connectivity index (χ1) is 8.70. The standard InChI is InChI=1S/C11H10F3N3O2/c1-17-9(15)4-8(16-17)6-2-5(18)3-7(10(6)19)11(12,13)14/h2-4,18-19H,15H2,1H3. The van der Waals surface area contributed by atoms with Gasteiger partial charge in [0.2, 0.25) is 0 Å². The number of benzene rings is 1. The van der Waals surface area contributed by atoms with Crippen molar-refractivity contribution < 1.29 is 23.4 Å². The fourth-order valence-corrected chi connectivity index (χ4v) is 1.64. The highest BCUT2D eigenvalue weighted by atomic mass is 19.4. The maximum atomic E-state index is 12.7. The molecule has 0 atom stereocenters. The number of nitrogen functional groups attached to an aromatic ring is 1. The highest BCUT2D eigenvalue weighted by Crippen LogP contribution is 2.43. The second kappa shape index (κ2) is 4.08. The number of halogens is 3. The van der Waals surface area contributed by atoms with Gasteiger partial charge in [-0.2, -0.15) is 18.3 Å². The first kappa shape index (κ1) is 13.1. The maximum Gasteiger partial charge on any atom is 0.420 e. The molecule has 5 nitrogen and oxygen atoms in total. The molecule has 4 N–H and O–H groups in total. The van der Waals surface area contributed by atoms with Crippen molar-refractivity contribution in [2.75, 3.05) is 5.73 Å². The molecule has 0 spiro atoms. The van der Waals surface area contributed by atoms with E-state index >= 15 is 0 Å². The lowest BCUT2D eigenvalue weighted by atomic mass is 10.0. The predicted molar refractivity (Wildman–Crippen MR) is 61.4 cm³/mol. The van der Waals surface area contributed by atoms with Crippen molar-refractivity contribution in [1.29, 1.82) is 0 Å². The molecule has 0 fully saturated rings. The zero-order valence-corrected chi connectivity index (χ0v) is 9.73. The second-order valence-corrected chi connectivity index (χ2v) is 3.97. The summed E-state index contributed by atoms with van der Waals surface area (Å²) in [6.45, 7) is 0. The van der Waals surface area contributed by atoms with E-state index in [1.807, 2.05) is 0 Å². The van der Waals surface area contributed by atoms with Gasteiger partial charge in [0.15, 0.2) is 0 Å². The molecule has 0 saturated carbocycles. The van der Waals surface area contributed by atoms with Gasteiger partial charge in [0.1, 0.15) is 22.9 Å². The minimum absolute atomic E-state index is 0.0406. The quantitative estimate of drug-likeness (QED) is 0.695. The summed E-state index contributed by atoms with van der Waals surface area (Å²) in [5, 5.41) is 22.9. The third-order valence-corrected chi connectivity index (χ3v) is 2.59. The van der Waals surface area contributed by atoms with Gasteiger partial charge < -0.3 is 15.9 Å². The van der Waals surface area contributed by atoms with Crippen molar-refractivity contribution in [3.8, 4) is 22.8 Å². The molecule has 1 heterocycles. The molecular formula is C11H10F3N3O2. The highest BCUT2D eigenvalue weighted by molar-refractivity contribution is 5.72. The third-order valence-electron chi connectivity index (χ3n) is 2.59. The Hall–Kier alpha value is -2.38. The number of nitrogens with two attached hydrogens (primary N) is 1. The monoisotopic (exact) mass is 273 g/mol. The number of rotatable bonds is 1. The number of aryl methyl sites for hydroxylation is 1. The SMILES string of the molecule is Cn1nc(-c2cc(O)cc(C(F)(F)F)c2O)cc1N. The molecule has 1 aromatic carbocycles. The molecule has 8 heteroatoms. The molecular weight excluding hydrogens is 263 g/mol. The van der Waals surface area contributed by atoms with Crippen LogP contribution in [0.2, 0.25) is 0 Å². The number of nitrogens with zero attached hydrogens (tertiary/aromatic N) is 2. The fraction of sp³-hybridized carbons (Fsp3) is 0.182. The molecule has 0 unspecified atom stereocenters. The van der Waals surface area contributed by atoms with Crippen LogP contribution in [-0.4, -0.2) is 20.0 Å². The maximum absolute atomic E-state index is 12.7. The van der Waals surface area contributed by atoms with Gasteiger partial charge >= 0.3 is 6.18 Å². The van der Waals surface area contributed by atoms with E-state index in [2.05, 4.69) is 5.10 Å². The molecule has 2 rings (SSSR count). The van der Waals surface area contributed by atoms with E-state index < -0.39 is 23.2 Å². The van der Waals surface area contributed by atoms with Gasteiger partial charge in [-0.1, -0.05) is 0 Å². The van der Waals surface area contributed by atoms with Crippen molar-refractivity contribution in [3.05, 3.63) is 23.8 Å². The summed E-state index contributed by atoms with van der Waals surface area (Å²) in [7, 11) is 1.50. The Morgan fingerprint density at radius 1 is 1.21 bits per heavy atom. The van der Waals surface area contributed by atoms with E-state index in [4.69, 9.17) is 5.73 Å². The molecule has 0 aliphatic rings. The lowest BCUT2D eigenvalue weighted by molar-refractivity contribution is -0.138. The van der Waals surface area contributed by atoms with Crippen molar-refractivity contribution in [2.24, 2.45) is 7.05 Å². The zero-order chi connectivity index (χ0) is 14.4. The van der Waals surface area contributed by atoms with E-state index in [0.717, 1.165) is 6.07 Å². The van der Waals surface area contributed by atoms with Crippen LogP contribution in [0, 0.1) is 0 Å². The lowest BCUT2D eigenvalue weighted by Crippen LogP contribution is -2.05. The summed E-state index contributed by atoms with van der Waals surface area (Å²) >= 11 is 0. The van der Waals surface area contributed by atoms with Gasteiger partial charge in [-0.15, -0.1) is 0 Å². The minimum atomic E-state index is -4.78. The smallest absolute Gasteiger partial charge is 0.420 e. The number of hydrogen-bond acceptors (Lipinski definition) is 4. The molecule has 0 radical (unpaired) electrons. The first-order valence-corrected chi connectivity index (χ1v) is 5.13. The molecule has 2 aromatic rings. The summed E-state index contributed by atoms with van der Waals surface area (Å²) in [6.07, 6.45) is -4.78. The van der Waals surface area contributed by atoms with Crippen LogP contribution < -0.4 is 5.73 Å². The zero-order valence-electron chi connectivity index (χ0n) is 9.73. The Balaban J connectivity index is 2.68. The summed E-state index contributed by atoms with van der Waals surface area (Å²) in [4.78, 5) is 0. The number of hydrogen-bond donors (Lipinski definition) is 3. The number of aromatic nitrogens is 2. The van der Waals surface area contributed by atoms with Gasteiger partial charge in [0.05, 0.1) is 5.69 Å². The van der Waals surface area contributed by atoms with Gasteiger partial charge in [0.25, 0.3) is 0 Å². The number of phenols is 2. The summed E-state index contributed by atoms with van der Waals surface area (Å²) < 4.78 is 39.3. The number of aromatic hydroxyl groups is 2. The largest absolute Gasteiger partial charge is 0.508 e. The Labute approximate surface area is 105 Å². The molecule has 0 saturated heterocycles. The van der Waals surface area contributed by atoms with Crippen LogP contribution in [0.5, 0.6) is 11.5 Å².